The Morgan fingerprint density at radius 1 is 1.17 bits per heavy atom. The summed E-state index contributed by atoms with van der Waals surface area (Å²) in [5, 5.41) is 0. The summed E-state index contributed by atoms with van der Waals surface area (Å²) in [6.45, 7) is 10.3. The zero-order valence-electron chi connectivity index (χ0n) is 8.05. The van der Waals surface area contributed by atoms with Crippen molar-refractivity contribution < 1.29 is 0 Å². The molecular formula is C11H16S. The van der Waals surface area contributed by atoms with E-state index < -0.39 is 0 Å². The average Bonchev–Trinajstić information content (AvgIpc) is 2.13. The van der Waals surface area contributed by atoms with Gasteiger partial charge in [-0.2, -0.15) is 0 Å². The van der Waals surface area contributed by atoms with Crippen LogP contribution in [0.2, 0.25) is 0 Å². The van der Waals surface area contributed by atoms with Crippen LogP contribution in [0.5, 0.6) is 0 Å². The summed E-state index contributed by atoms with van der Waals surface area (Å²) in [6.07, 6.45) is 2.11. The predicted octanol–water partition coefficient (Wildman–Crippen LogP) is 3.83. The van der Waals surface area contributed by atoms with Gasteiger partial charge >= 0.3 is 0 Å². The summed E-state index contributed by atoms with van der Waals surface area (Å²) in [5.41, 5.74) is 2.72. The second-order valence-electron chi connectivity index (χ2n) is 2.47. The van der Waals surface area contributed by atoms with Crippen molar-refractivity contribution in [3.05, 3.63) is 42.5 Å². The Hall–Kier alpha value is -0.690. The van der Waals surface area contributed by atoms with E-state index in [2.05, 4.69) is 51.5 Å². The molecule has 1 rings (SSSR count). The molecule has 0 nitrogen and oxygen atoms in total. The molecule has 0 heterocycles. The molecule has 0 atom stereocenters. The van der Waals surface area contributed by atoms with Gasteiger partial charge in [-0.05, 0) is 31.7 Å². The summed E-state index contributed by atoms with van der Waals surface area (Å²) in [7, 11) is 0. The number of hydrogen-bond acceptors (Lipinski definition) is 1. The van der Waals surface area contributed by atoms with Gasteiger partial charge in [0.15, 0.2) is 0 Å². The van der Waals surface area contributed by atoms with Crippen LogP contribution in [0.3, 0.4) is 0 Å². The first-order valence-electron chi connectivity index (χ1n) is 3.85. The first-order chi connectivity index (χ1) is 5.74. The van der Waals surface area contributed by atoms with E-state index in [0.717, 1.165) is 0 Å². The highest BCUT2D eigenvalue weighted by atomic mass is 32.2. The number of thioether (sulfide) groups is 1. The van der Waals surface area contributed by atoms with Crippen LogP contribution in [-0.4, -0.2) is 6.26 Å². The van der Waals surface area contributed by atoms with E-state index in [1.807, 2.05) is 11.8 Å². The van der Waals surface area contributed by atoms with Gasteiger partial charge < -0.3 is 0 Å². The van der Waals surface area contributed by atoms with Crippen molar-refractivity contribution in [1.29, 1.82) is 0 Å². The van der Waals surface area contributed by atoms with E-state index in [-0.39, 0.29) is 0 Å². The largest absolute Gasteiger partial charge is 0.129 e. The highest BCUT2D eigenvalue weighted by Gasteiger charge is 1.94. The first-order valence-corrected chi connectivity index (χ1v) is 5.08. The lowest BCUT2D eigenvalue weighted by atomic mass is 10.2. The highest BCUT2D eigenvalue weighted by Crippen LogP contribution is 2.20. The van der Waals surface area contributed by atoms with Gasteiger partial charge in [-0.1, -0.05) is 17.7 Å². The lowest BCUT2D eigenvalue weighted by Crippen LogP contribution is -1.79. The quantitative estimate of drug-likeness (QED) is 0.467. The Labute approximate surface area is 79.7 Å². The Morgan fingerprint density at radius 2 is 1.75 bits per heavy atom. The smallest absolute Gasteiger partial charge is 0.0101 e. The van der Waals surface area contributed by atoms with E-state index >= 15 is 0 Å². The van der Waals surface area contributed by atoms with E-state index in [9.17, 15) is 0 Å². The lowest BCUT2D eigenvalue weighted by molar-refractivity contribution is 1.26. The second-order valence-corrected chi connectivity index (χ2v) is 3.32. The Morgan fingerprint density at radius 3 is 2.17 bits per heavy atom. The normalized spacial score (nSPS) is 8.58. The minimum atomic E-state index is 1.34. The van der Waals surface area contributed by atoms with Crippen LogP contribution < -0.4 is 0 Å². The van der Waals surface area contributed by atoms with Crippen molar-refractivity contribution >= 4 is 11.8 Å². The van der Waals surface area contributed by atoms with Crippen LogP contribution in [-0.2, 0) is 0 Å². The summed E-state index contributed by atoms with van der Waals surface area (Å²) in [6, 6.07) is 6.54. The molecule has 66 valence electrons. The van der Waals surface area contributed by atoms with Gasteiger partial charge in [0, 0.05) is 4.90 Å². The van der Waals surface area contributed by atoms with Gasteiger partial charge in [0.25, 0.3) is 0 Å². The van der Waals surface area contributed by atoms with Crippen molar-refractivity contribution in [2.75, 3.05) is 6.26 Å². The summed E-state index contributed by atoms with van der Waals surface area (Å²) < 4.78 is 0. The molecule has 1 aromatic rings. The van der Waals surface area contributed by atoms with Crippen molar-refractivity contribution in [2.24, 2.45) is 0 Å². The maximum Gasteiger partial charge on any atom is 0.0101 e. The van der Waals surface area contributed by atoms with Gasteiger partial charge in [-0.25, -0.2) is 0 Å². The molecule has 0 N–H and O–H groups in total. The molecule has 0 fully saturated rings. The minimum absolute atomic E-state index is 1.34. The fourth-order valence-electron chi connectivity index (χ4n) is 0.927. The highest BCUT2D eigenvalue weighted by molar-refractivity contribution is 7.98. The van der Waals surface area contributed by atoms with Gasteiger partial charge in [0.2, 0.25) is 0 Å². The third-order valence-corrected chi connectivity index (χ3v) is 2.44. The Kier molecular flexibility index (Phi) is 5.56. The van der Waals surface area contributed by atoms with Crippen molar-refractivity contribution in [3.8, 4) is 0 Å². The van der Waals surface area contributed by atoms with Crippen LogP contribution in [0.4, 0.5) is 0 Å². The van der Waals surface area contributed by atoms with Gasteiger partial charge in [0.1, 0.15) is 0 Å². The minimum Gasteiger partial charge on any atom is -0.129 e. The maximum atomic E-state index is 3.00. The van der Waals surface area contributed by atoms with Crippen LogP contribution in [0.15, 0.2) is 36.3 Å². The summed E-state index contributed by atoms with van der Waals surface area (Å²) in [5.74, 6) is 0. The van der Waals surface area contributed by atoms with Crippen LogP contribution in [0.1, 0.15) is 11.1 Å². The fraction of sp³-hybridized carbons (Fsp3) is 0.273. The average molecular weight is 180 g/mol. The molecule has 0 bridgehead atoms. The topological polar surface area (TPSA) is 0 Å². The molecule has 0 aliphatic rings. The molecule has 0 aliphatic carbocycles. The molecule has 0 saturated carbocycles. The van der Waals surface area contributed by atoms with Gasteiger partial charge in [0.05, 0.1) is 0 Å². The fourth-order valence-corrected chi connectivity index (χ4v) is 1.62. The van der Waals surface area contributed by atoms with Crippen LogP contribution in [0, 0.1) is 13.8 Å². The standard InChI is InChI=1S/C9H12S.C2H4/c1-7-4-5-8(2)9(6-7)10-3;1-2/h4-6H,1-3H3;1-2H2. The van der Waals surface area contributed by atoms with Crippen molar-refractivity contribution in [1.82, 2.24) is 0 Å². The number of aryl methyl sites for hydroxylation is 2. The summed E-state index contributed by atoms with van der Waals surface area (Å²) in [4.78, 5) is 1.39. The first kappa shape index (κ1) is 11.3. The maximum absolute atomic E-state index is 3.00. The molecule has 0 amide bonds. The molecule has 0 saturated heterocycles. The van der Waals surface area contributed by atoms with Crippen molar-refractivity contribution in [3.63, 3.8) is 0 Å². The number of hydrogen-bond donors (Lipinski definition) is 0. The third-order valence-electron chi connectivity index (χ3n) is 1.56. The molecule has 1 aromatic carbocycles. The molecule has 0 radical (unpaired) electrons. The monoisotopic (exact) mass is 180 g/mol. The van der Waals surface area contributed by atoms with E-state index in [4.69, 9.17) is 0 Å². The third kappa shape index (κ3) is 3.14. The summed E-state index contributed by atoms with van der Waals surface area (Å²) >= 11 is 1.81. The zero-order chi connectivity index (χ0) is 9.56. The molecule has 0 unspecified atom stereocenters. The van der Waals surface area contributed by atoms with Crippen LogP contribution in [0.25, 0.3) is 0 Å². The zero-order valence-corrected chi connectivity index (χ0v) is 8.87. The SMILES string of the molecule is C=C.CSc1cc(C)ccc1C. The van der Waals surface area contributed by atoms with E-state index in [1.54, 1.807) is 0 Å². The second kappa shape index (κ2) is 5.90. The molecule has 0 aliphatic heterocycles. The van der Waals surface area contributed by atoms with E-state index in [1.165, 1.54) is 16.0 Å². The Balaban J connectivity index is 0.000000561. The molecule has 1 heteroatoms. The molecule has 12 heavy (non-hydrogen) atoms. The lowest BCUT2D eigenvalue weighted by Gasteiger charge is -2.01. The van der Waals surface area contributed by atoms with Gasteiger partial charge in [-0.15, -0.1) is 24.9 Å². The number of rotatable bonds is 1. The Bertz CT molecular complexity index is 241. The predicted molar refractivity (Wildman–Crippen MR) is 59.0 cm³/mol. The molecule has 0 aromatic heterocycles. The van der Waals surface area contributed by atoms with E-state index in [0.29, 0.717) is 0 Å². The van der Waals surface area contributed by atoms with Crippen LogP contribution >= 0.6 is 11.8 Å². The van der Waals surface area contributed by atoms with Gasteiger partial charge in [-0.3, -0.25) is 0 Å². The molecular weight excluding hydrogens is 164 g/mol. The number of benzene rings is 1. The molecule has 0 spiro atoms. The van der Waals surface area contributed by atoms with Crippen molar-refractivity contribution in [2.45, 2.75) is 18.7 Å².